The zero-order valence-corrected chi connectivity index (χ0v) is 16.2. The molecule has 140 valence electrons. The predicted molar refractivity (Wildman–Crippen MR) is 109 cm³/mol. The fourth-order valence-corrected chi connectivity index (χ4v) is 3.20. The molecule has 0 aliphatic carbocycles. The summed E-state index contributed by atoms with van der Waals surface area (Å²) in [5.74, 6) is -0.219. The van der Waals surface area contributed by atoms with Crippen LogP contribution in [0.2, 0.25) is 5.02 Å². The van der Waals surface area contributed by atoms with Gasteiger partial charge >= 0.3 is 0 Å². The summed E-state index contributed by atoms with van der Waals surface area (Å²) in [4.78, 5) is 28.2. The zero-order chi connectivity index (χ0) is 19.4. The molecule has 6 nitrogen and oxygen atoms in total. The summed E-state index contributed by atoms with van der Waals surface area (Å²) in [6.45, 7) is 1.08. The van der Waals surface area contributed by atoms with Crippen molar-refractivity contribution in [2.75, 3.05) is 20.3 Å². The molecule has 2 N–H and O–H groups in total. The Morgan fingerprint density at radius 1 is 1.30 bits per heavy atom. The van der Waals surface area contributed by atoms with Crippen molar-refractivity contribution >= 4 is 40.6 Å². The number of carbonyl (C=O) groups excluding carboxylic acids is 1. The van der Waals surface area contributed by atoms with Crippen molar-refractivity contribution in [3.8, 4) is 5.69 Å². The number of amides is 1. The molecule has 0 aliphatic rings. The van der Waals surface area contributed by atoms with E-state index in [0.717, 1.165) is 6.42 Å². The summed E-state index contributed by atoms with van der Waals surface area (Å²) >= 11 is 11.3. The van der Waals surface area contributed by atoms with Gasteiger partial charge in [0.1, 0.15) is 0 Å². The Morgan fingerprint density at radius 3 is 2.89 bits per heavy atom. The van der Waals surface area contributed by atoms with Gasteiger partial charge in [-0.3, -0.25) is 14.2 Å². The van der Waals surface area contributed by atoms with Gasteiger partial charge in [0.2, 0.25) is 0 Å². The van der Waals surface area contributed by atoms with Gasteiger partial charge in [-0.25, -0.2) is 0 Å². The average Bonchev–Trinajstić information content (AvgIpc) is 2.65. The third-order valence-electron chi connectivity index (χ3n) is 4.04. The van der Waals surface area contributed by atoms with Crippen LogP contribution in [0.1, 0.15) is 16.8 Å². The van der Waals surface area contributed by atoms with Crippen molar-refractivity contribution in [3.05, 3.63) is 68.2 Å². The number of nitrogens with zero attached hydrogens (tertiary/aromatic N) is 1. The van der Waals surface area contributed by atoms with Gasteiger partial charge in [-0.2, -0.15) is 0 Å². The van der Waals surface area contributed by atoms with E-state index < -0.39 is 0 Å². The van der Waals surface area contributed by atoms with E-state index in [0.29, 0.717) is 40.3 Å². The zero-order valence-electron chi connectivity index (χ0n) is 14.6. The second kappa shape index (κ2) is 8.47. The van der Waals surface area contributed by atoms with Crippen LogP contribution in [0.3, 0.4) is 0 Å². The van der Waals surface area contributed by atoms with E-state index >= 15 is 0 Å². The molecule has 1 amide bonds. The minimum atomic E-state index is -0.275. The lowest BCUT2D eigenvalue weighted by Gasteiger charge is -2.10. The summed E-state index contributed by atoms with van der Waals surface area (Å²) in [5, 5.41) is 3.79. The van der Waals surface area contributed by atoms with Crippen molar-refractivity contribution in [1.29, 1.82) is 0 Å². The summed E-state index contributed by atoms with van der Waals surface area (Å²) < 4.78 is 6.56. The highest BCUT2D eigenvalue weighted by molar-refractivity contribution is 7.71. The number of nitrogens with one attached hydrogen (secondary N) is 2. The van der Waals surface area contributed by atoms with E-state index in [9.17, 15) is 9.59 Å². The van der Waals surface area contributed by atoms with Crippen molar-refractivity contribution in [2.24, 2.45) is 0 Å². The molecular weight excluding hydrogens is 386 g/mol. The fourth-order valence-electron chi connectivity index (χ4n) is 2.73. The quantitative estimate of drug-likeness (QED) is 0.488. The molecule has 0 saturated heterocycles. The molecule has 0 atom stereocenters. The van der Waals surface area contributed by atoms with Crippen LogP contribution in [0.25, 0.3) is 16.6 Å². The highest BCUT2D eigenvalue weighted by Crippen LogP contribution is 2.16. The van der Waals surface area contributed by atoms with E-state index in [1.165, 1.54) is 4.57 Å². The van der Waals surface area contributed by atoms with Gasteiger partial charge in [0.25, 0.3) is 11.5 Å². The second-order valence-electron chi connectivity index (χ2n) is 5.91. The lowest BCUT2D eigenvalue weighted by Crippen LogP contribution is -2.26. The maximum atomic E-state index is 12.9. The number of aromatic nitrogens is 2. The van der Waals surface area contributed by atoms with Crippen LogP contribution < -0.4 is 10.9 Å². The molecule has 27 heavy (non-hydrogen) atoms. The molecule has 0 saturated carbocycles. The largest absolute Gasteiger partial charge is 0.385 e. The maximum absolute atomic E-state index is 12.9. The number of methoxy groups -OCH3 is 1. The molecule has 0 aliphatic heterocycles. The SMILES string of the molecule is COCCCNC(=O)c1cccc(-n2c(=S)[nH]c3cc(Cl)ccc3c2=O)c1. The smallest absolute Gasteiger partial charge is 0.266 e. The van der Waals surface area contributed by atoms with E-state index in [1.54, 1.807) is 49.6 Å². The molecule has 3 aromatic rings. The van der Waals surface area contributed by atoms with Crippen LogP contribution in [-0.2, 0) is 4.74 Å². The Hall–Kier alpha value is -2.48. The Labute approximate surface area is 165 Å². The number of fused-ring (bicyclic) bond motifs is 1. The highest BCUT2D eigenvalue weighted by Gasteiger charge is 2.11. The van der Waals surface area contributed by atoms with E-state index in [1.807, 2.05) is 0 Å². The van der Waals surface area contributed by atoms with Gasteiger partial charge in [-0.15, -0.1) is 0 Å². The molecule has 3 rings (SSSR count). The van der Waals surface area contributed by atoms with Crippen LogP contribution in [0.5, 0.6) is 0 Å². The fraction of sp³-hybridized carbons (Fsp3) is 0.211. The molecule has 8 heteroatoms. The predicted octanol–water partition coefficient (Wildman–Crippen LogP) is 3.47. The van der Waals surface area contributed by atoms with Crippen molar-refractivity contribution in [2.45, 2.75) is 6.42 Å². The third-order valence-corrected chi connectivity index (χ3v) is 4.56. The summed E-state index contributed by atoms with van der Waals surface area (Å²) in [5.41, 5.74) is 1.26. The van der Waals surface area contributed by atoms with Gasteiger partial charge in [-0.1, -0.05) is 17.7 Å². The lowest BCUT2D eigenvalue weighted by molar-refractivity contribution is 0.0948. The Balaban J connectivity index is 1.98. The highest BCUT2D eigenvalue weighted by atomic mass is 35.5. The number of ether oxygens (including phenoxy) is 1. The summed E-state index contributed by atoms with van der Waals surface area (Å²) in [7, 11) is 1.62. The Kier molecular flexibility index (Phi) is 6.05. The topological polar surface area (TPSA) is 76.1 Å². The van der Waals surface area contributed by atoms with Crippen molar-refractivity contribution in [1.82, 2.24) is 14.9 Å². The maximum Gasteiger partial charge on any atom is 0.266 e. The Morgan fingerprint density at radius 2 is 2.11 bits per heavy atom. The average molecular weight is 404 g/mol. The van der Waals surface area contributed by atoms with Crippen LogP contribution in [0, 0.1) is 4.77 Å². The van der Waals surface area contributed by atoms with Crippen LogP contribution in [0.15, 0.2) is 47.3 Å². The summed E-state index contributed by atoms with van der Waals surface area (Å²) in [6.07, 6.45) is 0.722. The van der Waals surface area contributed by atoms with Crippen LogP contribution >= 0.6 is 23.8 Å². The number of halogens is 1. The standard InChI is InChI=1S/C19H18ClN3O3S/c1-26-9-3-8-21-17(24)12-4-2-5-14(10-12)23-18(25)15-7-6-13(20)11-16(15)22-19(23)27/h2,4-7,10-11H,3,8-9H2,1H3,(H,21,24)(H,22,27). The molecular formula is C19H18ClN3O3S. The van der Waals surface area contributed by atoms with E-state index in [2.05, 4.69) is 10.3 Å². The number of carbonyl (C=O) groups is 1. The monoisotopic (exact) mass is 403 g/mol. The van der Waals surface area contributed by atoms with E-state index in [-0.39, 0.29) is 16.2 Å². The van der Waals surface area contributed by atoms with Crippen molar-refractivity contribution < 1.29 is 9.53 Å². The molecule has 0 radical (unpaired) electrons. The lowest BCUT2D eigenvalue weighted by atomic mass is 10.1. The first kappa shape index (κ1) is 19.3. The van der Waals surface area contributed by atoms with Crippen LogP contribution in [-0.4, -0.2) is 35.7 Å². The second-order valence-corrected chi connectivity index (χ2v) is 6.74. The molecule has 2 aromatic carbocycles. The Bertz CT molecular complexity index is 1110. The van der Waals surface area contributed by atoms with Gasteiger partial charge in [0, 0.05) is 30.8 Å². The molecule has 0 spiro atoms. The number of rotatable bonds is 6. The molecule has 0 bridgehead atoms. The van der Waals surface area contributed by atoms with Gasteiger partial charge in [-0.05, 0) is 55.0 Å². The van der Waals surface area contributed by atoms with Crippen LogP contribution in [0.4, 0.5) is 0 Å². The van der Waals surface area contributed by atoms with E-state index in [4.69, 9.17) is 28.6 Å². The minimum absolute atomic E-state index is 0.219. The number of benzene rings is 2. The molecule has 0 unspecified atom stereocenters. The molecule has 1 aromatic heterocycles. The molecule has 1 heterocycles. The van der Waals surface area contributed by atoms with Crippen molar-refractivity contribution in [3.63, 3.8) is 0 Å². The minimum Gasteiger partial charge on any atom is -0.385 e. The first-order chi connectivity index (χ1) is 13.0. The number of aromatic amines is 1. The third kappa shape index (κ3) is 4.27. The first-order valence-corrected chi connectivity index (χ1v) is 9.12. The van der Waals surface area contributed by atoms with Gasteiger partial charge in [0.05, 0.1) is 16.6 Å². The summed E-state index contributed by atoms with van der Waals surface area (Å²) in [6, 6.07) is 11.7. The number of H-pyrrole nitrogens is 1. The molecule has 0 fully saturated rings. The normalized spacial score (nSPS) is 10.9. The van der Waals surface area contributed by atoms with Gasteiger partial charge in [0.15, 0.2) is 4.77 Å². The van der Waals surface area contributed by atoms with Gasteiger partial charge < -0.3 is 15.0 Å². The first-order valence-electron chi connectivity index (χ1n) is 8.33. The number of hydrogen-bond donors (Lipinski definition) is 2. The number of hydrogen-bond acceptors (Lipinski definition) is 4.